The van der Waals surface area contributed by atoms with Gasteiger partial charge in [-0.3, -0.25) is 0 Å². The lowest BCUT2D eigenvalue weighted by Crippen LogP contribution is -2.24. The molecule has 12 heavy (non-hydrogen) atoms. The third kappa shape index (κ3) is 6.62. The minimum atomic E-state index is -0.370. The summed E-state index contributed by atoms with van der Waals surface area (Å²) in [6.45, 7) is 10.9. The van der Waals surface area contributed by atoms with Crippen LogP contribution in [0.15, 0.2) is 0 Å². The first kappa shape index (κ1) is 11.9. The zero-order valence-corrected chi connectivity index (χ0v) is 8.92. The Hall–Kier alpha value is -0.0800. The van der Waals surface area contributed by atoms with E-state index in [1.165, 1.54) is 0 Å². The molecule has 0 aromatic rings. The molecule has 0 aliphatic heterocycles. The smallest absolute Gasteiger partial charge is 0.0803 e. The zero-order valence-electron chi connectivity index (χ0n) is 8.92. The molecule has 0 aromatic carbocycles. The summed E-state index contributed by atoms with van der Waals surface area (Å²) in [6.07, 6.45) is 0.613. The molecule has 1 N–H and O–H groups in total. The number of ether oxygens (including phenoxy) is 1. The molecule has 0 bridgehead atoms. The normalized spacial score (nSPS) is 17.5. The second kappa shape index (κ2) is 4.83. The van der Waals surface area contributed by atoms with Crippen LogP contribution in [-0.2, 0) is 4.74 Å². The molecule has 0 saturated carbocycles. The molecule has 0 heterocycles. The fraction of sp³-hybridized carbons (Fsp3) is 1.00. The van der Waals surface area contributed by atoms with Gasteiger partial charge in [-0.15, -0.1) is 0 Å². The first-order valence-electron chi connectivity index (χ1n) is 4.62. The predicted octanol–water partition coefficient (Wildman–Crippen LogP) is 2.21. The van der Waals surface area contributed by atoms with E-state index in [2.05, 4.69) is 20.8 Å². The first-order chi connectivity index (χ1) is 5.33. The van der Waals surface area contributed by atoms with Crippen LogP contribution in [-0.4, -0.2) is 23.9 Å². The summed E-state index contributed by atoms with van der Waals surface area (Å²) in [5, 5.41) is 9.13. The van der Waals surface area contributed by atoms with Crippen molar-refractivity contribution in [2.45, 2.75) is 53.2 Å². The lowest BCUT2D eigenvalue weighted by molar-refractivity contribution is -0.0257. The number of aliphatic hydroxyl groups excluding tert-OH is 1. The predicted molar refractivity (Wildman–Crippen MR) is 51.2 cm³/mol. The fourth-order valence-corrected chi connectivity index (χ4v) is 0.690. The zero-order chi connectivity index (χ0) is 9.78. The molecule has 2 unspecified atom stereocenters. The van der Waals surface area contributed by atoms with Crippen LogP contribution in [0.5, 0.6) is 0 Å². The SMILES string of the molecule is CC(O)C(C)OCCC(C)(C)C. The van der Waals surface area contributed by atoms with Gasteiger partial charge in [0.05, 0.1) is 12.2 Å². The molecule has 0 aliphatic carbocycles. The topological polar surface area (TPSA) is 29.5 Å². The minimum absolute atomic E-state index is 0.0488. The van der Waals surface area contributed by atoms with E-state index in [0.29, 0.717) is 5.41 Å². The Bertz CT molecular complexity index is 113. The number of aliphatic hydroxyl groups is 1. The molecule has 0 saturated heterocycles. The Labute approximate surface area is 75.9 Å². The van der Waals surface area contributed by atoms with Crippen LogP contribution in [0.1, 0.15) is 41.0 Å². The van der Waals surface area contributed by atoms with E-state index in [1.807, 2.05) is 6.92 Å². The number of hydrogen-bond acceptors (Lipinski definition) is 2. The summed E-state index contributed by atoms with van der Waals surface area (Å²) >= 11 is 0. The summed E-state index contributed by atoms with van der Waals surface area (Å²) < 4.78 is 5.43. The van der Waals surface area contributed by atoms with Crippen LogP contribution in [0, 0.1) is 5.41 Å². The van der Waals surface area contributed by atoms with Crippen molar-refractivity contribution in [2.24, 2.45) is 5.41 Å². The van der Waals surface area contributed by atoms with Crippen molar-refractivity contribution in [2.75, 3.05) is 6.61 Å². The maximum atomic E-state index is 9.13. The van der Waals surface area contributed by atoms with Crippen molar-refractivity contribution < 1.29 is 9.84 Å². The van der Waals surface area contributed by atoms with Gasteiger partial charge in [-0.25, -0.2) is 0 Å². The maximum Gasteiger partial charge on any atom is 0.0803 e. The number of hydrogen-bond donors (Lipinski definition) is 1. The van der Waals surface area contributed by atoms with Gasteiger partial charge < -0.3 is 9.84 Å². The molecule has 0 aromatic heterocycles. The average molecular weight is 174 g/mol. The van der Waals surface area contributed by atoms with Crippen molar-refractivity contribution in [1.82, 2.24) is 0 Å². The van der Waals surface area contributed by atoms with E-state index in [0.717, 1.165) is 13.0 Å². The van der Waals surface area contributed by atoms with Crippen LogP contribution in [0.4, 0.5) is 0 Å². The van der Waals surface area contributed by atoms with Gasteiger partial charge in [0.15, 0.2) is 0 Å². The van der Waals surface area contributed by atoms with Gasteiger partial charge in [0.2, 0.25) is 0 Å². The Balaban J connectivity index is 3.44. The first-order valence-corrected chi connectivity index (χ1v) is 4.62. The summed E-state index contributed by atoms with van der Waals surface area (Å²) in [7, 11) is 0. The van der Waals surface area contributed by atoms with E-state index in [9.17, 15) is 0 Å². The van der Waals surface area contributed by atoms with Gasteiger partial charge in [0.1, 0.15) is 0 Å². The highest BCUT2D eigenvalue weighted by Crippen LogP contribution is 2.18. The Kier molecular flexibility index (Phi) is 4.80. The Morgan fingerprint density at radius 3 is 2.08 bits per heavy atom. The highest BCUT2D eigenvalue weighted by molar-refractivity contribution is 4.62. The molecule has 0 amide bonds. The molecule has 0 radical (unpaired) electrons. The lowest BCUT2D eigenvalue weighted by Gasteiger charge is -2.21. The second-order valence-corrected chi connectivity index (χ2v) is 4.63. The molecular formula is C10H22O2. The molecule has 2 atom stereocenters. The van der Waals surface area contributed by atoms with E-state index in [4.69, 9.17) is 9.84 Å². The van der Waals surface area contributed by atoms with Crippen LogP contribution in [0.25, 0.3) is 0 Å². The van der Waals surface area contributed by atoms with Crippen molar-refractivity contribution in [3.63, 3.8) is 0 Å². The van der Waals surface area contributed by atoms with Gasteiger partial charge in [-0.2, -0.15) is 0 Å². The number of rotatable bonds is 4. The van der Waals surface area contributed by atoms with Crippen molar-refractivity contribution in [3.8, 4) is 0 Å². The molecule has 0 fully saturated rings. The van der Waals surface area contributed by atoms with Gasteiger partial charge >= 0.3 is 0 Å². The van der Waals surface area contributed by atoms with Crippen molar-refractivity contribution >= 4 is 0 Å². The molecular weight excluding hydrogens is 152 g/mol. The molecule has 2 heteroatoms. The monoisotopic (exact) mass is 174 g/mol. The van der Waals surface area contributed by atoms with Gasteiger partial charge in [-0.1, -0.05) is 20.8 Å². The van der Waals surface area contributed by atoms with Crippen molar-refractivity contribution in [3.05, 3.63) is 0 Å². The second-order valence-electron chi connectivity index (χ2n) is 4.63. The molecule has 74 valence electrons. The summed E-state index contributed by atoms with van der Waals surface area (Å²) in [4.78, 5) is 0. The third-order valence-electron chi connectivity index (χ3n) is 1.91. The average Bonchev–Trinajstić information content (AvgIpc) is 1.84. The van der Waals surface area contributed by atoms with Crippen molar-refractivity contribution in [1.29, 1.82) is 0 Å². The molecule has 0 aliphatic rings. The van der Waals surface area contributed by atoms with E-state index in [-0.39, 0.29) is 12.2 Å². The fourth-order valence-electron chi connectivity index (χ4n) is 0.690. The van der Waals surface area contributed by atoms with Gasteiger partial charge in [0, 0.05) is 6.61 Å². The lowest BCUT2D eigenvalue weighted by atomic mass is 9.93. The standard InChI is InChI=1S/C10H22O2/c1-8(11)9(2)12-7-6-10(3,4)5/h8-9,11H,6-7H2,1-5H3. The minimum Gasteiger partial charge on any atom is -0.391 e. The highest BCUT2D eigenvalue weighted by Gasteiger charge is 2.13. The summed E-state index contributed by atoms with van der Waals surface area (Å²) in [5.74, 6) is 0. The van der Waals surface area contributed by atoms with Crippen LogP contribution >= 0.6 is 0 Å². The van der Waals surface area contributed by atoms with Crippen LogP contribution in [0.2, 0.25) is 0 Å². The Morgan fingerprint density at radius 1 is 1.25 bits per heavy atom. The summed E-state index contributed by atoms with van der Waals surface area (Å²) in [6, 6.07) is 0. The van der Waals surface area contributed by atoms with Gasteiger partial charge in [0.25, 0.3) is 0 Å². The van der Waals surface area contributed by atoms with Crippen LogP contribution in [0.3, 0.4) is 0 Å². The van der Waals surface area contributed by atoms with E-state index >= 15 is 0 Å². The highest BCUT2D eigenvalue weighted by atomic mass is 16.5. The quantitative estimate of drug-likeness (QED) is 0.708. The van der Waals surface area contributed by atoms with E-state index in [1.54, 1.807) is 6.92 Å². The molecule has 0 spiro atoms. The molecule has 2 nitrogen and oxygen atoms in total. The molecule has 0 rings (SSSR count). The van der Waals surface area contributed by atoms with Gasteiger partial charge in [-0.05, 0) is 25.7 Å². The third-order valence-corrected chi connectivity index (χ3v) is 1.91. The van der Waals surface area contributed by atoms with Crippen LogP contribution < -0.4 is 0 Å². The summed E-state index contributed by atoms with van der Waals surface area (Å²) in [5.41, 5.74) is 0.318. The largest absolute Gasteiger partial charge is 0.391 e. The maximum absolute atomic E-state index is 9.13. The Morgan fingerprint density at radius 2 is 1.75 bits per heavy atom. The van der Waals surface area contributed by atoms with E-state index < -0.39 is 0 Å².